The Bertz CT molecular complexity index is 481. The Balaban J connectivity index is 2.36. The summed E-state index contributed by atoms with van der Waals surface area (Å²) in [5.74, 6) is 0. The summed E-state index contributed by atoms with van der Waals surface area (Å²) in [6, 6.07) is 3.67. The highest BCUT2D eigenvalue weighted by Crippen LogP contribution is 2.26. The minimum atomic E-state index is -0.202. The van der Waals surface area contributed by atoms with Gasteiger partial charge in [-0.3, -0.25) is 9.67 Å². The Morgan fingerprint density at radius 3 is 2.94 bits per heavy atom. The van der Waals surface area contributed by atoms with Crippen LogP contribution in [-0.4, -0.2) is 14.8 Å². The molecule has 2 aromatic rings. The molecule has 90 valence electrons. The van der Waals surface area contributed by atoms with Gasteiger partial charge in [0.1, 0.15) is 0 Å². The van der Waals surface area contributed by atoms with Gasteiger partial charge in [-0.15, -0.1) is 0 Å². The fourth-order valence-electron chi connectivity index (χ4n) is 1.79. The zero-order valence-corrected chi connectivity index (χ0v) is 11.3. The van der Waals surface area contributed by atoms with Crippen LogP contribution < -0.4 is 5.73 Å². The van der Waals surface area contributed by atoms with Crippen LogP contribution in [0.4, 0.5) is 0 Å². The first-order valence-corrected chi connectivity index (χ1v) is 6.40. The quantitative estimate of drug-likeness (QED) is 0.943. The maximum atomic E-state index is 6.26. The first-order chi connectivity index (χ1) is 8.24. The number of rotatable bonds is 4. The van der Waals surface area contributed by atoms with Gasteiger partial charge in [0.15, 0.2) is 0 Å². The van der Waals surface area contributed by atoms with E-state index in [0.717, 1.165) is 28.7 Å². The van der Waals surface area contributed by atoms with E-state index >= 15 is 0 Å². The number of nitrogens with zero attached hydrogens (tertiary/aromatic N) is 3. The summed E-state index contributed by atoms with van der Waals surface area (Å²) < 4.78 is 2.89. The topological polar surface area (TPSA) is 56.7 Å². The van der Waals surface area contributed by atoms with Crippen LogP contribution in [0.5, 0.6) is 0 Å². The van der Waals surface area contributed by atoms with Crippen molar-refractivity contribution in [1.82, 2.24) is 14.8 Å². The predicted molar refractivity (Wildman–Crippen MR) is 70.5 cm³/mol. The number of hydrogen-bond donors (Lipinski definition) is 1. The van der Waals surface area contributed by atoms with E-state index < -0.39 is 0 Å². The van der Waals surface area contributed by atoms with Crippen molar-refractivity contribution in [2.24, 2.45) is 5.73 Å². The van der Waals surface area contributed by atoms with Gasteiger partial charge in [-0.25, -0.2) is 0 Å². The summed E-state index contributed by atoms with van der Waals surface area (Å²) in [6.45, 7) is 2.99. The maximum Gasteiger partial charge on any atom is 0.0749 e. The second-order valence-corrected chi connectivity index (χ2v) is 4.72. The highest BCUT2D eigenvalue weighted by molar-refractivity contribution is 9.10. The van der Waals surface area contributed by atoms with Crippen molar-refractivity contribution in [3.8, 4) is 0 Å². The van der Waals surface area contributed by atoms with Gasteiger partial charge in [0.2, 0.25) is 0 Å². The molecule has 0 aromatic carbocycles. The molecule has 2 aromatic heterocycles. The normalized spacial score (nSPS) is 12.6. The van der Waals surface area contributed by atoms with Crippen LogP contribution in [0, 0.1) is 0 Å². The minimum absolute atomic E-state index is 0.202. The molecule has 0 aliphatic carbocycles. The molecular formula is C12H15BrN4. The summed E-state index contributed by atoms with van der Waals surface area (Å²) in [7, 11) is 0. The van der Waals surface area contributed by atoms with Gasteiger partial charge in [-0.1, -0.05) is 13.0 Å². The Kier molecular flexibility index (Phi) is 3.91. The highest BCUT2D eigenvalue weighted by atomic mass is 79.9. The number of pyridine rings is 1. The molecule has 0 aliphatic rings. The van der Waals surface area contributed by atoms with Crippen molar-refractivity contribution in [3.05, 3.63) is 46.5 Å². The Morgan fingerprint density at radius 2 is 2.29 bits per heavy atom. The SMILES string of the molecule is CCCn1ncc(Br)c1C(N)c1cccnc1. The number of nitrogens with two attached hydrogens (primary N) is 1. The lowest BCUT2D eigenvalue weighted by Crippen LogP contribution is -2.18. The lowest BCUT2D eigenvalue weighted by molar-refractivity contribution is 0.558. The summed E-state index contributed by atoms with van der Waals surface area (Å²) in [4.78, 5) is 4.10. The molecule has 0 saturated heterocycles. The van der Waals surface area contributed by atoms with E-state index in [1.54, 1.807) is 18.6 Å². The van der Waals surface area contributed by atoms with Gasteiger partial charge < -0.3 is 5.73 Å². The molecule has 2 N–H and O–H groups in total. The summed E-state index contributed by atoms with van der Waals surface area (Å²) >= 11 is 3.50. The van der Waals surface area contributed by atoms with Crippen LogP contribution in [0.25, 0.3) is 0 Å². The van der Waals surface area contributed by atoms with Crippen molar-refractivity contribution in [1.29, 1.82) is 0 Å². The molecule has 0 radical (unpaired) electrons. The van der Waals surface area contributed by atoms with E-state index in [4.69, 9.17) is 5.73 Å². The molecule has 0 amide bonds. The largest absolute Gasteiger partial charge is 0.319 e. The van der Waals surface area contributed by atoms with Gasteiger partial charge in [0.05, 0.1) is 22.4 Å². The van der Waals surface area contributed by atoms with Crippen LogP contribution in [0.2, 0.25) is 0 Å². The van der Waals surface area contributed by atoms with Crippen LogP contribution >= 0.6 is 15.9 Å². The molecule has 0 aliphatic heterocycles. The molecule has 0 spiro atoms. The van der Waals surface area contributed by atoms with Crippen LogP contribution in [0.3, 0.4) is 0 Å². The van der Waals surface area contributed by atoms with Crippen LogP contribution in [0.15, 0.2) is 35.2 Å². The summed E-state index contributed by atoms with van der Waals surface area (Å²) in [5.41, 5.74) is 8.25. The zero-order chi connectivity index (χ0) is 12.3. The first kappa shape index (κ1) is 12.3. The van der Waals surface area contributed by atoms with Gasteiger partial charge in [0.25, 0.3) is 0 Å². The molecule has 0 bridgehead atoms. The number of hydrogen-bond acceptors (Lipinski definition) is 3. The number of halogens is 1. The molecule has 0 saturated carbocycles. The molecule has 0 fully saturated rings. The summed E-state index contributed by atoms with van der Waals surface area (Å²) in [6.07, 6.45) is 6.36. The van der Waals surface area contributed by atoms with E-state index in [9.17, 15) is 0 Å². The average Bonchev–Trinajstić information content (AvgIpc) is 2.71. The van der Waals surface area contributed by atoms with Gasteiger partial charge in [0, 0.05) is 18.9 Å². The highest BCUT2D eigenvalue weighted by Gasteiger charge is 2.17. The van der Waals surface area contributed by atoms with Crippen molar-refractivity contribution in [3.63, 3.8) is 0 Å². The Labute approximate surface area is 109 Å². The first-order valence-electron chi connectivity index (χ1n) is 5.60. The van der Waals surface area contributed by atoms with Crippen molar-refractivity contribution in [2.45, 2.75) is 25.9 Å². The third kappa shape index (κ3) is 2.56. The molecule has 1 atom stereocenters. The number of aromatic nitrogens is 3. The van der Waals surface area contributed by atoms with E-state index in [1.807, 2.05) is 16.8 Å². The lowest BCUT2D eigenvalue weighted by Gasteiger charge is -2.14. The minimum Gasteiger partial charge on any atom is -0.319 e. The standard InChI is InChI=1S/C12H15BrN4/c1-2-6-17-12(10(13)8-16-17)11(14)9-4-3-5-15-7-9/h3-5,7-8,11H,2,6,14H2,1H3. The monoisotopic (exact) mass is 294 g/mol. The predicted octanol–water partition coefficient (Wildman–Crippen LogP) is 2.50. The fraction of sp³-hybridized carbons (Fsp3) is 0.333. The van der Waals surface area contributed by atoms with Crippen LogP contribution in [-0.2, 0) is 6.54 Å². The smallest absolute Gasteiger partial charge is 0.0749 e. The molecule has 4 nitrogen and oxygen atoms in total. The van der Waals surface area contributed by atoms with E-state index in [2.05, 4.69) is 32.9 Å². The van der Waals surface area contributed by atoms with E-state index in [-0.39, 0.29) is 6.04 Å². The van der Waals surface area contributed by atoms with Crippen molar-refractivity contribution in [2.75, 3.05) is 0 Å². The Hall–Kier alpha value is -1.20. The molecule has 2 heterocycles. The summed E-state index contributed by atoms with van der Waals surface area (Å²) in [5, 5.41) is 4.32. The second-order valence-electron chi connectivity index (χ2n) is 3.86. The zero-order valence-electron chi connectivity index (χ0n) is 9.68. The second kappa shape index (κ2) is 5.42. The third-order valence-electron chi connectivity index (χ3n) is 2.61. The average molecular weight is 295 g/mol. The van der Waals surface area contributed by atoms with Gasteiger partial charge in [-0.2, -0.15) is 5.10 Å². The molecule has 17 heavy (non-hydrogen) atoms. The molecule has 5 heteroatoms. The third-order valence-corrected chi connectivity index (χ3v) is 3.22. The van der Waals surface area contributed by atoms with Gasteiger partial charge in [-0.05, 0) is 34.0 Å². The maximum absolute atomic E-state index is 6.26. The Morgan fingerprint density at radius 1 is 1.47 bits per heavy atom. The molecule has 1 unspecified atom stereocenters. The molecule has 2 rings (SSSR count). The van der Waals surface area contributed by atoms with Crippen LogP contribution in [0.1, 0.15) is 30.6 Å². The number of aryl methyl sites for hydroxylation is 1. The van der Waals surface area contributed by atoms with Crippen molar-refractivity contribution < 1.29 is 0 Å². The van der Waals surface area contributed by atoms with Gasteiger partial charge >= 0.3 is 0 Å². The van der Waals surface area contributed by atoms with Crippen molar-refractivity contribution >= 4 is 15.9 Å². The van der Waals surface area contributed by atoms with E-state index in [0.29, 0.717) is 0 Å². The fourth-order valence-corrected chi connectivity index (χ4v) is 2.33. The van der Waals surface area contributed by atoms with E-state index in [1.165, 1.54) is 0 Å². The molecular weight excluding hydrogens is 280 g/mol. The lowest BCUT2D eigenvalue weighted by atomic mass is 10.1.